The molecule has 1 aromatic rings. The number of thioether (sulfide) groups is 1. The van der Waals surface area contributed by atoms with Crippen molar-refractivity contribution >= 4 is 23.5 Å². The highest BCUT2D eigenvalue weighted by molar-refractivity contribution is 8.00. The van der Waals surface area contributed by atoms with Crippen molar-refractivity contribution in [3.05, 3.63) is 22.7 Å². The summed E-state index contributed by atoms with van der Waals surface area (Å²) in [6.07, 6.45) is 0.792. The molecule has 24 heavy (non-hydrogen) atoms. The Balaban J connectivity index is 1.64. The fraction of sp³-hybridized carbons (Fsp3) is 0.643. The fourth-order valence-electron chi connectivity index (χ4n) is 2.87. The van der Waals surface area contributed by atoms with Gasteiger partial charge in [-0.1, -0.05) is 0 Å². The molecule has 2 unspecified atom stereocenters. The lowest BCUT2D eigenvalue weighted by molar-refractivity contribution is -0.146. The number of nitrogen functional groups attached to an aromatic ring is 1. The van der Waals surface area contributed by atoms with Crippen molar-refractivity contribution in [2.45, 2.75) is 41.7 Å². The number of nitrogens with zero attached hydrogens (tertiary/aromatic N) is 2. The maximum Gasteiger partial charge on any atom is 0.350 e. The summed E-state index contributed by atoms with van der Waals surface area (Å²) in [6.45, 7) is 0.752. The maximum atomic E-state index is 11.9. The molecule has 0 radical (unpaired) electrons. The van der Waals surface area contributed by atoms with Gasteiger partial charge in [-0.3, -0.25) is 9.36 Å². The second-order valence-corrected chi connectivity index (χ2v) is 7.23. The van der Waals surface area contributed by atoms with Gasteiger partial charge in [0.05, 0.1) is 11.4 Å². The molecule has 0 aromatic carbocycles. The first-order valence-corrected chi connectivity index (χ1v) is 8.68. The van der Waals surface area contributed by atoms with Gasteiger partial charge in [0.1, 0.15) is 29.9 Å². The van der Waals surface area contributed by atoms with E-state index in [4.69, 9.17) is 10.5 Å². The number of nitrogens with one attached hydrogen (secondary N) is 1. The third-order valence-electron chi connectivity index (χ3n) is 4.20. The van der Waals surface area contributed by atoms with Gasteiger partial charge in [-0.15, -0.1) is 11.8 Å². The minimum atomic E-state index is -1.17. The van der Waals surface area contributed by atoms with Crippen molar-refractivity contribution in [3.8, 4) is 0 Å². The SMILES string of the molecule is Nc1ccn([C@@H]2S[C@H](COC(=O)[C@H]3CCCN3)C(O)C2O)c(=O)n1. The number of aromatic nitrogens is 2. The van der Waals surface area contributed by atoms with Gasteiger partial charge in [-0.25, -0.2) is 4.79 Å². The van der Waals surface area contributed by atoms with Gasteiger partial charge in [0, 0.05) is 6.20 Å². The normalized spacial score (nSPS) is 32.8. The first-order valence-electron chi connectivity index (χ1n) is 7.73. The molecule has 0 bridgehead atoms. The molecule has 5 N–H and O–H groups in total. The smallest absolute Gasteiger partial charge is 0.350 e. The lowest BCUT2D eigenvalue weighted by atomic mass is 10.1. The highest BCUT2D eigenvalue weighted by Crippen LogP contribution is 2.41. The molecule has 0 amide bonds. The Bertz CT molecular complexity index is 663. The first kappa shape index (κ1) is 17.2. The van der Waals surface area contributed by atoms with Gasteiger partial charge in [0.25, 0.3) is 0 Å². The molecule has 5 atom stereocenters. The number of carbonyl (C=O) groups excluding carboxylic acids is 1. The van der Waals surface area contributed by atoms with Crippen molar-refractivity contribution < 1.29 is 19.7 Å². The Kier molecular flexibility index (Phi) is 5.09. The molecule has 2 fully saturated rings. The Labute approximate surface area is 142 Å². The van der Waals surface area contributed by atoms with E-state index in [2.05, 4.69) is 10.3 Å². The Morgan fingerprint density at radius 1 is 1.50 bits per heavy atom. The summed E-state index contributed by atoms with van der Waals surface area (Å²) >= 11 is 1.17. The van der Waals surface area contributed by atoms with Crippen molar-refractivity contribution in [1.29, 1.82) is 0 Å². The van der Waals surface area contributed by atoms with E-state index in [1.54, 1.807) is 0 Å². The van der Waals surface area contributed by atoms with Crippen LogP contribution in [0.25, 0.3) is 0 Å². The molecule has 0 saturated carbocycles. The lowest BCUT2D eigenvalue weighted by Crippen LogP contribution is -2.38. The minimum Gasteiger partial charge on any atom is -0.463 e. The van der Waals surface area contributed by atoms with Gasteiger partial charge in [-0.05, 0) is 25.5 Å². The standard InChI is InChI=1S/C14H20N4O5S/c15-9-3-5-18(14(22)17-9)12-11(20)10(19)8(24-12)6-23-13(21)7-2-1-4-16-7/h3,5,7-8,10-12,16,19-20H,1-2,4,6H2,(H2,15,17,22)/t7-,8-,10?,11?,12-/m1/s1. The molecule has 0 aliphatic carbocycles. The Morgan fingerprint density at radius 3 is 2.96 bits per heavy atom. The largest absolute Gasteiger partial charge is 0.463 e. The summed E-state index contributed by atoms with van der Waals surface area (Å²) < 4.78 is 6.46. The van der Waals surface area contributed by atoms with Gasteiger partial charge in [0.15, 0.2) is 0 Å². The topological polar surface area (TPSA) is 140 Å². The number of nitrogens with two attached hydrogens (primary N) is 1. The number of anilines is 1. The van der Waals surface area contributed by atoms with E-state index in [1.165, 1.54) is 28.6 Å². The van der Waals surface area contributed by atoms with Crippen molar-refractivity contribution in [3.63, 3.8) is 0 Å². The number of aliphatic hydroxyl groups excluding tert-OH is 2. The number of rotatable bonds is 4. The maximum absolute atomic E-state index is 11.9. The Hall–Kier alpha value is -1.62. The van der Waals surface area contributed by atoms with Crippen LogP contribution in [0.4, 0.5) is 5.82 Å². The quantitative estimate of drug-likeness (QED) is 0.472. The molecular weight excluding hydrogens is 336 g/mol. The second kappa shape index (κ2) is 7.09. The molecule has 1 aromatic heterocycles. The number of ether oxygens (including phenoxy) is 1. The van der Waals surface area contributed by atoms with E-state index in [1.807, 2.05) is 0 Å². The molecule has 3 heterocycles. The van der Waals surface area contributed by atoms with Crippen LogP contribution in [0.5, 0.6) is 0 Å². The molecule has 10 heteroatoms. The van der Waals surface area contributed by atoms with Crippen LogP contribution in [0, 0.1) is 0 Å². The summed E-state index contributed by atoms with van der Waals surface area (Å²) in [5, 5.41) is 22.2. The van der Waals surface area contributed by atoms with Gasteiger partial charge >= 0.3 is 11.7 Å². The molecule has 0 spiro atoms. The second-order valence-electron chi connectivity index (χ2n) is 5.87. The number of hydrogen-bond acceptors (Lipinski definition) is 9. The summed E-state index contributed by atoms with van der Waals surface area (Å²) in [4.78, 5) is 27.4. The number of hydrogen-bond donors (Lipinski definition) is 4. The van der Waals surface area contributed by atoms with Crippen molar-refractivity contribution in [2.75, 3.05) is 18.9 Å². The molecule has 132 valence electrons. The van der Waals surface area contributed by atoms with Crippen LogP contribution in [-0.2, 0) is 9.53 Å². The predicted molar refractivity (Wildman–Crippen MR) is 87.3 cm³/mol. The summed E-state index contributed by atoms with van der Waals surface area (Å²) in [5.74, 6) is -0.270. The van der Waals surface area contributed by atoms with Crippen LogP contribution in [0.2, 0.25) is 0 Å². The lowest BCUT2D eigenvalue weighted by Gasteiger charge is -2.17. The van der Waals surface area contributed by atoms with E-state index < -0.39 is 28.5 Å². The predicted octanol–water partition coefficient (Wildman–Crippen LogP) is -1.54. The van der Waals surface area contributed by atoms with Crippen LogP contribution in [0.3, 0.4) is 0 Å². The van der Waals surface area contributed by atoms with E-state index in [9.17, 15) is 19.8 Å². The highest BCUT2D eigenvalue weighted by Gasteiger charge is 2.44. The summed E-state index contributed by atoms with van der Waals surface area (Å²) in [5.41, 5.74) is 4.84. The zero-order valence-corrected chi connectivity index (χ0v) is 13.7. The van der Waals surface area contributed by atoms with Crippen LogP contribution < -0.4 is 16.7 Å². The average molecular weight is 356 g/mol. The highest BCUT2D eigenvalue weighted by atomic mass is 32.2. The third-order valence-corrected chi connectivity index (χ3v) is 5.75. The van der Waals surface area contributed by atoms with Crippen LogP contribution in [-0.4, -0.2) is 62.4 Å². The van der Waals surface area contributed by atoms with Crippen LogP contribution >= 0.6 is 11.8 Å². The molecule has 2 aliphatic rings. The number of aliphatic hydroxyl groups is 2. The summed E-state index contributed by atoms with van der Waals surface area (Å²) in [6, 6.07) is 1.14. The third kappa shape index (κ3) is 3.41. The zero-order chi connectivity index (χ0) is 17.3. The van der Waals surface area contributed by atoms with Crippen molar-refractivity contribution in [1.82, 2.24) is 14.9 Å². The summed E-state index contributed by atoms with van der Waals surface area (Å²) in [7, 11) is 0. The fourth-order valence-corrected chi connectivity index (χ4v) is 4.31. The Morgan fingerprint density at radius 2 is 2.29 bits per heavy atom. The molecule has 2 aliphatic heterocycles. The average Bonchev–Trinajstić information content (AvgIpc) is 3.17. The molecule has 9 nitrogen and oxygen atoms in total. The molecular formula is C14H20N4O5S. The van der Waals surface area contributed by atoms with E-state index in [-0.39, 0.29) is 24.4 Å². The van der Waals surface area contributed by atoms with Crippen molar-refractivity contribution in [2.24, 2.45) is 0 Å². The number of carbonyl (C=O) groups is 1. The van der Waals surface area contributed by atoms with Gasteiger partial charge < -0.3 is 26.0 Å². The van der Waals surface area contributed by atoms with E-state index in [0.717, 1.165) is 19.4 Å². The van der Waals surface area contributed by atoms with E-state index in [0.29, 0.717) is 0 Å². The van der Waals surface area contributed by atoms with E-state index >= 15 is 0 Å². The minimum absolute atomic E-state index is 0.0342. The van der Waals surface area contributed by atoms with Gasteiger partial charge in [-0.2, -0.15) is 4.98 Å². The number of esters is 1. The molecule has 3 rings (SSSR count). The van der Waals surface area contributed by atoms with Crippen LogP contribution in [0.15, 0.2) is 17.1 Å². The van der Waals surface area contributed by atoms with Crippen LogP contribution in [0.1, 0.15) is 18.2 Å². The zero-order valence-electron chi connectivity index (χ0n) is 12.9. The molecule has 2 saturated heterocycles. The first-order chi connectivity index (χ1) is 11.5. The van der Waals surface area contributed by atoms with Gasteiger partial charge in [0.2, 0.25) is 0 Å². The monoisotopic (exact) mass is 356 g/mol.